The molecular weight excluding hydrogens is 368 g/mol. The van der Waals surface area contributed by atoms with E-state index >= 15 is 0 Å². The number of ether oxygens (including phenoxy) is 1. The highest BCUT2D eigenvalue weighted by atomic mass is 16.5. The van der Waals surface area contributed by atoms with Crippen molar-refractivity contribution in [2.75, 3.05) is 0 Å². The van der Waals surface area contributed by atoms with E-state index in [1.807, 2.05) is 12.1 Å². The van der Waals surface area contributed by atoms with E-state index in [0.717, 1.165) is 36.2 Å². The van der Waals surface area contributed by atoms with Crippen LogP contribution in [0.3, 0.4) is 0 Å². The highest BCUT2D eigenvalue weighted by molar-refractivity contribution is 5.89. The molecule has 0 radical (unpaired) electrons. The summed E-state index contributed by atoms with van der Waals surface area (Å²) in [5.41, 5.74) is 2.12. The van der Waals surface area contributed by atoms with Crippen molar-refractivity contribution in [2.45, 2.75) is 116 Å². The molecule has 1 aromatic rings. The van der Waals surface area contributed by atoms with Gasteiger partial charge in [0.2, 0.25) is 0 Å². The molecule has 168 valence electrons. The summed E-state index contributed by atoms with van der Waals surface area (Å²) >= 11 is 0. The fraction of sp³-hybridized carbons (Fsp3) is 0.750. The van der Waals surface area contributed by atoms with E-state index < -0.39 is 0 Å². The van der Waals surface area contributed by atoms with Crippen LogP contribution in [-0.2, 0) is 4.74 Å². The van der Waals surface area contributed by atoms with Crippen LogP contribution in [0.25, 0.3) is 0 Å². The van der Waals surface area contributed by atoms with Gasteiger partial charge in [-0.25, -0.2) is 4.79 Å². The monoisotopic (exact) mass is 412 g/mol. The smallest absolute Gasteiger partial charge is 0.338 e. The first-order valence-electron chi connectivity index (χ1n) is 12.9. The Morgan fingerprint density at radius 1 is 0.867 bits per heavy atom. The number of benzene rings is 1. The lowest BCUT2D eigenvalue weighted by molar-refractivity contribution is 0.0161. The molecule has 0 heterocycles. The zero-order chi connectivity index (χ0) is 21.3. The van der Waals surface area contributed by atoms with Crippen LogP contribution in [0.5, 0.6) is 0 Å². The largest absolute Gasteiger partial charge is 0.459 e. The average Bonchev–Trinajstić information content (AvgIpc) is 2.76. The molecule has 30 heavy (non-hydrogen) atoms. The van der Waals surface area contributed by atoms with Gasteiger partial charge in [0.25, 0.3) is 0 Å². The van der Waals surface area contributed by atoms with Crippen molar-refractivity contribution >= 4 is 5.97 Å². The van der Waals surface area contributed by atoms with Crippen molar-refractivity contribution in [1.82, 2.24) is 0 Å². The van der Waals surface area contributed by atoms with Gasteiger partial charge in [0, 0.05) is 0 Å². The number of unbranched alkanes of at least 4 members (excludes halogenated alkanes) is 2. The minimum atomic E-state index is -0.129. The molecule has 0 aliphatic heterocycles. The summed E-state index contributed by atoms with van der Waals surface area (Å²) in [7, 11) is 0. The average molecular weight is 413 g/mol. The number of carbonyl (C=O) groups is 1. The third-order valence-corrected chi connectivity index (χ3v) is 7.83. The Kier molecular flexibility index (Phi) is 9.27. The molecule has 3 atom stereocenters. The van der Waals surface area contributed by atoms with Crippen LogP contribution in [0.1, 0.15) is 126 Å². The van der Waals surface area contributed by atoms with Crippen LogP contribution in [0.4, 0.5) is 0 Å². The van der Waals surface area contributed by atoms with Crippen LogP contribution in [-0.4, -0.2) is 12.1 Å². The Hall–Kier alpha value is -1.31. The Balaban J connectivity index is 1.45. The van der Waals surface area contributed by atoms with Gasteiger partial charge in [0.05, 0.1) is 5.56 Å². The first-order chi connectivity index (χ1) is 14.6. The second-order valence-corrected chi connectivity index (χ2v) is 10.2. The van der Waals surface area contributed by atoms with Gasteiger partial charge in [0.1, 0.15) is 6.10 Å². The van der Waals surface area contributed by atoms with Gasteiger partial charge in [-0.1, -0.05) is 71.4 Å². The van der Waals surface area contributed by atoms with E-state index in [4.69, 9.17) is 4.74 Å². The number of rotatable bonds is 9. The molecule has 2 saturated carbocycles. The molecule has 0 aromatic heterocycles. The van der Waals surface area contributed by atoms with Crippen LogP contribution in [0.15, 0.2) is 24.3 Å². The fourth-order valence-electron chi connectivity index (χ4n) is 5.98. The van der Waals surface area contributed by atoms with Gasteiger partial charge < -0.3 is 4.74 Å². The van der Waals surface area contributed by atoms with Crippen molar-refractivity contribution in [3.05, 3.63) is 35.4 Å². The Labute approximate surface area is 185 Å². The van der Waals surface area contributed by atoms with Crippen molar-refractivity contribution in [3.63, 3.8) is 0 Å². The molecule has 0 saturated heterocycles. The highest BCUT2D eigenvalue weighted by Crippen LogP contribution is 2.41. The van der Waals surface area contributed by atoms with Gasteiger partial charge in [-0.15, -0.1) is 0 Å². The molecule has 1 aromatic carbocycles. The predicted octanol–water partition coefficient (Wildman–Crippen LogP) is 8.30. The van der Waals surface area contributed by atoms with E-state index in [0.29, 0.717) is 5.92 Å². The topological polar surface area (TPSA) is 26.3 Å². The molecule has 2 aliphatic rings. The molecule has 0 amide bonds. The molecule has 3 rings (SSSR count). The summed E-state index contributed by atoms with van der Waals surface area (Å²) in [4.78, 5) is 12.6. The number of esters is 1. The van der Waals surface area contributed by atoms with Crippen LogP contribution in [0.2, 0.25) is 0 Å². The van der Waals surface area contributed by atoms with Gasteiger partial charge in [0.15, 0.2) is 0 Å². The fourth-order valence-corrected chi connectivity index (χ4v) is 5.98. The minimum Gasteiger partial charge on any atom is -0.459 e. The van der Waals surface area contributed by atoms with E-state index in [-0.39, 0.29) is 12.1 Å². The second kappa shape index (κ2) is 11.9. The molecule has 2 aliphatic carbocycles. The van der Waals surface area contributed by atoms with Gasteiger partial charge in [-0.3, -0.25) is 0 Å². The first kappa shape index (κ1) is 23.4. The van der Waals surface area contributed by atoms with E-state index in [1.165, 1.54) is 76.2 Å². The van der Waals surface area contributed by atoms with Crippen LogP contribution < -0.4 is 0 Å². The highest BCUT2D eigenvalue weighted by Gasteiger charge is 2.28. The van der Waals surface area contributed by atoms with Gasteiger partial charge in [-0.05, 0) is 86.3 Å². The summed E-state index contributed by atoms with van der Waals surface area (Å²) in [6.07, 6.45) is 16.7. The summed E-state index contributed by atoms with van der Waals surface area (Å²) in [6.45, 7) is 6.97. The maximum Gasteiger partial charge on any atom is 0.338 e. The summed E-state index contributed by atoms with van der Waals surface area (Å²) in [5, 5.41) is 0. The third kappa shape index (κ3) is 6.59. The summed E-state index contributed by atoms with van der Waals surface area (Å²) < 4.78 is 5.86. The quantitative estimate of drug-likeness (QED) is 0.301. The Morgan fingerprint density at radius 2 is 1.57 bits per heavy atom. The number of hydrogen-bond donors (Lipinski definition) is 0. The standard InChI is InChI=1S/C28H44O2/c1-4-6-7-9-22-10-17-26(18-11-22)30-28(29)25-15-13-24(14-16-25)27-19-12-23(8-5-2)20-21(27)3/h13-16,21-23,26-27H,4-12,17-20H2,1-3H3. The maximum atomic E-state index is 12.6. The summed E-state index contributed by atoms with van der Waals surface area (Å²) in [6, 6.07) is 8.36. The normalized spacial score (nSPS) is 29.5. The zero-order valence-electron chi connectivity index (χ0n) is 19.7. The van der Waals surface area contributed by atoms with Crippen LogP contribution in [0, 0.1) is 17.8 Å². The third-order valence-electron chi connectivity index (χ3n) is 7.83. The number of carbonyl (C=O) groups excluding carboxylic acids is 1. The minimum absolute atomic E-state index is 0.119. The molecule has 2 fully saturated rings. The molecule has 0 spiro atoms. The Morgan fingerprint density at radius 3 is 2.20 bits per heavy atom. The van der Waals surface area contributed by atoms with Crippen molar-refractivity contribution in [3.8, 4) is 0 Å². The molecule has 2 nitrogen and oxygen atoms in total. The lowest BCUT2D eigenvalue weighted by atomic mass is 9.71. The van der Waals surface area contributed by atoms with Crippen LogP contribution >= 0.6 is 0 Å². The second-order valence-electron chi connectivity index (χ2n) is 10.2. The molecular formula is C28H44O2. The lowest BCUT2D eigenvalue weighted by Crippen LogP contribution is -2.24. The van der Waals surface area contributed by atoms with Gasteiger partial charge in [-0.2, -0.15) is 0 Å². The number of hydrogen-bond acceptors (Lipinski definition) is 2. The predicted molar refractivity (Wildman–Crippen MR) is 126 cm³/mol. The first-order valence-corrected chi connectivity index (χ1v) is 12.9. The molecule has 0 N–H and O–H groups in total. The molecule has 0 bridgehead atoms. The molecule has 2 heteroatoms. The van der Waals surface area contributed by atoms with E-state index in [2.05, 4.69) is 32.9 Å². The van der Waals surface area contributed by atoms with Crippen molar-refractivity contribution in [2.24, 2.45) is 17.8 Å². The molecule has 3 unspecified atom stereocenters. The lowest BCUT2D eigenvalue weighted by Gasteiger charge is -2.34. The van der Waals surface area contributed by atoms with E-state index in [9.17, 15) is 4.79 Å². The maximum absolute atomic E-state index is 12.6. The summed E-state index contributed by atoms with van der Waals surface area (Å²) in [5.74, 6) is 3.01. The Bertz CT molecular complexity index is 627. The van der Waals surface area contributed by atoms with Crippen molar-refractivity contribution < 1.29 is 9.53 Å². The SMILES string of the molecule is CCCCCC1CCC(OC(=O)c2ccc(C3CCC(CCC)CC3C)cc2)CC1. The van der Waals surface area contributed by atoms with Crippen molar-refractivity contribution in [1.29, 1.82) is 0 Å². The van der Waals surface area contributed by atoms with E-state index in [1.54, 1.807) is 0 Å². The zero-order valence-corrected chi connectivity index (χ0v) is 19.7. The van der Waals surface area contributed by atoms with Gasteiger partial charge >= 0.3 is 5.97 Å².